The molecule has 3 rings (SSSR count). The second kappa shape index (κ2) is 8.29. The van der Waals surface area contributed by atoms with Gasteiger partial charge in [0, 0.05) is 51.5 Å². The molecule has 6 nitrogen and oxygen atoms in total. The Hall–Kier alpha value is -1.80. The van der Waals surface area contributed by atoms with E-state index in [-0.39, 0.29) is 33.9 Å². The van der Waals surface area contributed by atoms with Crippen molar-refractivity contribution in [2.24, 2.45) is 0 Å². The molecular weight excluding hydrogens is 421 g/mol. The SMILES string of the molecule is CN(C)c1ccc(C(=O)N2CCN(S(=O)(=O)c3cccc(Cl)c3Cl)CC2)cc1. The van der Waals surface area contributed by atoms with E-state index in [1.165, 1.54) is 10.4 Å². The molecule has 1 heterocycles. The van der Waals surface area contributed by atoms with Crippen LogP contribution in [0.3, 0.4) is 0 Å². The van der Waals surface area contributed by atoms with Gasteiger partial charge in [0.1, 0.15) is 4.90 Å². The molecule has 0 aliphatic carbocycles. The molecule has 1 fully saturated rings. The Morgan fingerprint density at radius 3 is 2.14 bits per heavy atom. The third-order valence-corrected chi connectivity index (χ3v) is 7.56. The van der Waals surface area contributed by atoms with Gasteiger partial charge in [-0.15, -0.1) is 0 Å². The maximum atomic E-state index is 12.9. The smallest absolute Gasteiger partial charge is 0.253 e. The van der Waals surface area contributed by atoms with Crippen molar-refractivity contribution in [1.29, 1.82) is 0 Å². The van der Waals surface area contributed by atoms with Crippen LogP contribution in [0.15, 0.2) is 47.4 Å². The summed E-state index contributed by atoms with van der Waals surface area (Å²) in [6.45, 7) is 1.02. The third-order valence-electron chi connectivity index (χ3n) is 4.69. The van der Waals surface area contributed by atoms with Gasteiger partial charge in [-0.25, -0.2) is 8.42 Å². The number of nitrogens with zero attached hydrogens (tertiary/aromatic N) is 3. The first-order valence-corrected chi connectivity index (χ1v) is 10.9. The monoisotopic (exact) mass is 441 g/mol. The van der Waals surface area contributed by atoms with E-state index in [2.05, 4.69) is 0 Å². The number of benzene rings is 2. The fourth-order valence-corrected chi connectivity index (χ4v) is 5.20. The summed E-state index contributed by atoms with van der Waals surface area (Å²) in [5.41, 5.74) is 1.59. The Kier molecular flexibility index (Phi) is 6.19. The van der Waals surface area contributed by atoms with Crippen molar-refractivity contribution in [3.8, 4) is 0 Å². The number of amides is 1. The van der Waals surface area contributed by atoms with Crippen LogP contribution in [0.5, 0.6) is 0 Å². The van der Waals surface area contributed by atoms with Crippen LogP contribution in [0, 0.1) is 0 Å². The Morgan fingerprint density at radius 2 is 1.57 bits per heavy atom. The summed E-state index contributed by atoms with van der Waals surface area (Å²) in [6, 6.07) is 11.9. The average molecular weight is 442 g/mol. The Bertz CT molecular complexity index is 970. The molecule has 0 unspecified atom stereocenters. The number of carbonyl (C=O) groups is 1. The van der Waals surface area contributed by atoms with E-state index in [1.807, 2.05) is 31.1 Å². The highest BCUT2D eigenvalue weighted by Crippen LogP contribution is 2.31. The molecular formula is C19H21Cl2N3O3S. The van der Waals surface area contributed by atoms with E-state index in [0.717, 1.165) is 5.69 Å². The van der Waals surface area contributed by atoms with Gasteiger partial charge in [-0.3, -0.25) is 4.79 Å². The van der Waals surface area contributed by atoms with Crippen LogP contribution in [0.25, 0.3) is 0 Å². The molecule has 28 heavy (non-hydrogen) atoms. The number of hydrogen-bond donors (Lipinski definition) is 0. The van der Waals surface area contributed by atoms with E-state index in [4.69, 9.17) is 23.2 Å². The number of sulfonamides is 1. The minimum Gasteiger partial charge on any atom is -0.378 e. The molecule has 1 aliphatic heterocycles. The summed E-state index contributed by atoms with van der Waals surface area (Å²) in [7, 11) is 0.0957. The lowest BCUT2D eigenvalue weighted by molar-refractivity contribution is 0.0698. The molecule has 0 atom stereocenters. The normalized spacial score (nSPS) is 15.5. The number of piperazine rings is 1. The van der Waals surface area contributed by atoms with E-state index < -0.39 is 10.0 Å². The Morgan fingerprint density at radius 1 is 0.964 bits per heavy atom. The number of hydrogen-bond acceptors (Lipinski definition) is 4. The van der Waals surface area contributed by atoms with Gasteiger partial charge >= 0.3 is 0 Å². The zero-order valence-corrected chi connectivity index (χ0v) is 17.9. The quantitative estimate of drug-likeness (QED) is 0.730. The molecule has 0 N–H and O–H groups in total. The van der Waals surface area contributed by atoms with Crippen LogP contribution < -0.4 is 4.90 Å². The van der Waals surface area contributed by atoms with E-state index in [9.17, 15) is 13.2 Å². The molecule has 150 valence electrons. The number of anilines is 1. The van der Waals surface area contributed by atoms with E-state index >= 15 is 0 Å². The summed E-state index contributed by atoms with van der Waals surface area (Å²) in [4.78, 5) is 16.3. The highest BCUT2D eigenvalue weighted by Gasteiger charge is 2.32. The van der Waals surface area contributed by atoms with Crippen LogP contribution in [0.4, 0.5) is 5.69 Å². The highest BCUT2D eigenvalue weighted by atomic mass is 35.5. The van der Waals surface area contributed by atoms with Crippen molar-refractivity contribution < 1.29 is 13.2 Å². The molecule has 1 aliphatic rings. The van der Waals surface area contributed by atoms with Crippen LogP contribution in [0.1, 0.15) is 10.4 Å². The molecule has 9 heteroatoms. The molecule has 2 aromatic rings. The van der Waals surface area contributed by atoms with Crippen molar-refractivity contribution in [3.63, 3.8) is 0 Å². The van der Waals surface area contributed by atoms with Crippen molar-refractivity contribution in [3.05, 3.63) is 58.1 Å². The predicted molar refractivity (Wildman–Crippen MR) is 112 cm³/mol. The summed E-state index contributed by atoms with van der Waals surface area (Å²) in [5, 5.41) is 0.210. The third kappa shape index (κ3) is 4.12. The first kappa shape index (κ1) is 20.9. The molecule has 2 aromatic carbocycles. The molecule has 0 radical (unpaired) electrons. The zero-order valence-electron chi connectivity index (χ0n) is 15.6. The van der Waals surface area contributed by atoms with Gasteiger partial charge in [-0.05, 0) is 36.4 Å². The van der Waals surface area contributed by atoms with Crippen LogP contribution >= 0.6 is 23.2 Å². The van der Waals surface area contributed by atoms with E-state index in [0.29, 0.717) is 18.7 Å². The van der Waals surface area contributed by atoms with Crippen molar-refractivity contribution in [2.75, 3.05) is 45.2 Å². The summed E-state index contributed by atoms with van der Waals surface area (Å²) in [5.74, 6) is -0.108. The van der Waals surface area contributed by atoms with E-state index in [1.54, 1.807) is 29.2 Å². The lowest BCUT2D eigenvalue weighted by Gasteiger charge is -2.34. The first-order chi connectivity index (χ1) is 13.2. The topological polar surface area (TPSA) is 60.9 Å². The van der Waals surface area contributed by atoms with Crippen LogP contribution in [0.2, 0.25) is 10.0 Å². The summed E-state index contributed by atoms with van der Waals surface area (Å²) in [6.07, 6.45) is 0. The molecule has 1 saturated heterocycles. The molecule has 0 bridgehead atoms. The van der Waals surface area contributed by atoms with Crippen LogP contribution in [-0.2, 0) is 10.0 Å². The number of rotatable bonds is 4. The molecule has 0 spiro atoms. The van der Waals surface area contributed by atoms with Gasteiger partial charge in [-0.1, -0.05) is 29.3 Å². The fraction of sp³-hybridized carbons (Fsp3) is 0.316. The summed E-state index contributed by atoms with van der Waals surface area (Å²) >= 11 is 12.0. The predicted octanol–water partition coefficient (Wildman–Crippen LogP) is 3.21. The lowest BCUT2D eigenvalue weighted by Crippen LogP contribution is -2.50. The number of halogens is 2. The van der Waals surface area contributed by atoms with Gasteiger partial charge in [-0.2, -0.15) is 4.31 Å². The Labute approximate surface area is 175 Å². The van der Waals surface area contributed by atoms with Crippen LogP contribution in [-0.4, -0.2) is 63.8 Å². The van der Waals surface area contributed by atoms with Crippen molar-refractivity contribution in [1.82, 2.24) is 9.21 Å². The first-order valence-electron chi connectivity index (χ1n) is 8.72. The van der Waals surface area contributed by atoms with Crippen molar-refractivity contribution >= 4 is 44.8 Å². The summed E-state index contributed by atoms with van der Waals surface area (Å²) < 4.78 is 27.1. The van der Waals surface area contributed by atoms with Gasteiger partial charge in [0.15, 0.2) is 0 Å². The van der Waals surface area contributed by atoms with Gasteiger partial charge in [0.25, 0.3) is 5.91 Å². The second-order valence-corrected chi connectivity index (χ2v) is 9.38. The largest absolute Gasteiger partial charge is 0.378 e. The minimum absolute atomic E-state index is 0.0132. The highest BCUT2D eigenvalue weighted by molar-refractivity contribution is 7.89. The maximum absolute atomic E-state index is 12.9. The minimum atomic E-state index is -3.77. The Balaban J connectivity index is 1.70. The standard InChI is InChI=1S/C19H21Cl2N3O3S/c1-22(2)15-8-6-14(7-9-15)19(25)23-10-12-24(13-11-23)28(26,27)17-5-3-4-16(20)18(17)21/h3-9H,10-13H2,1-2H3. The molecule has 0 aromatic heterocycles. The average Bonchev–Trinajstić information content (AvgIpc) is 2.69. The van der Waals surface area contributed by atoms with Gasteiger partial charge < -0.3 is 9.80 Å². The lowest BCUT2D eigenvalue weighted by atomic mass is 10.1. The maximum Gasteiger partial charge on any atom is 0.253 e. The fourth-order valence-electron chi connectivity index (χ4n) is 3.04. The molecule has 0 saturated carbocycles. The van der Waals surface area contributed by atoms with Crippen molar-refractivity contribution in [2.45, 2.75) is 4.90 Å². The van der Waals surface area contributed by atoms with Gasteiger partial charge in [0.05, 0.1) is 10.0 Å². The van der Waals surface area contributed by atoms with Gasteiger partial charge in [0.2, 0.25) is 10.0 Å². The molecule has 1 amide bonds. The number of carbonyl (C=O) groups excluding carboxylic acids is 1. The second-order valence-electron chi connectivity index (χ2n) is 6.69. The zero-order chi connectivity index (χ0) is 20.5.